The summed E-state index contributed by atoms with van der Waals surface area (Å²) in [7, 11) is 0. The van der Waals surface area contributed by atoms with E-state index in [2.05, 4.69) is 22.8 Å². The van der Waals surface area contributed by atoms with E-state index < -0.39 is 6.10 Å². The Bertz CT molecular complexity index is 616. The predicted octanol–water partition coefficient (Wildman–Crippen LogP) is 2.94. The largest absolute Gasteiger partial charge is 0.485 e. The summed E-state index contributed by atoms with van der Waals surface area (Å²) in [6.07, 6.45) is -0.572. The Morgan fingerprint density at radius 3 is 2.95 bits per heavy atom. The van der Waals surface area contributed by atoms with Gasteiger partial charge in [-0.25, -0.2) is 0 Å². The highest BCUT2D eigenvalue weighted by atomic mass is 32.2. The molecule has 1 N–H and O–H groups in total. The molecule has 1 atom stereocenters. The van der Waals surface area contributed by atoms with Crippen LogP contribution in [0, 0.1) is 0 Å². The molecule has 22 heavy (non-hydrogen) atoms. The fourth-order valence-corrected chi connectivity index (χ4v) is 3.78. The van der Waals surface area contributed by atoms with Crippen molar-refractivity contribution < 1.29 is 14.3 Å². The van der Waals surface area contributed by atoms with Gasteiger partial charge in [0.1, 0.15) is 6.61 Å². The first kappa shape index (κ1) is 15.2. The van der Waals surface area contributed by atoms with Crippen molar-refractivity contribution in [1.29, 1.82) is 0 Å². The standard InChI is InChI=1S/C16H17NO3S2/c18-16(17-7-9-21-11-12-4-3-8-22-12)15-10-19-13-5-1-2-6-14(13)20-15/h1-6,8,15H,7,9-11H2,(H,17,18)/t15-/m0/s1. The van der Waals surface area contributed by atoms with E-state index in [1.807, 2.05) is 36.0 Å². The molecule has 0 saturated carbocycles. The maximum atomic E-state index is 12.1. The van der Waals surface area contributed by atoms with E-state index in [9.17, 15) is 4.79 Å². The highest BCUT2D eigenvalue weighted by Crippen LogP contribution is 2.30. The number of thiophene rings is 1. The third kappa shape index (κ3) is 3.96. The van der Waals surface area contributed by atoms with Crippen molar-refractivity contribution in [2.24, 2.45) is 0 Å². The van der Waals surface area contributed by atoms with E-state index in [-0.39, 0.29) is 12.5 Å². The van der Waals surface area contributed by atoms with Crippen molar-refractivity contribution in [3.8, 4) is 11.5 Å². The number of rotatable bonds is 6. The monoisotopic (exact) mass is 335 g/mol. The zero-order chi connectivity index (χ0) is 15.2. The van der Waals surface area contributed by atoms with Crippen molar-refractivity contribution >= 4 is 29.0 Å². The smallest absolute Gasteiger partial charge is 0.264 e. The summed E-state index contributed by atoms with van der Waals surface area (Å²) in [6, 6.07) is 11.6. The number of benzene rings is 1. The summed E-state index contributed by atoms with van der Waals surface area (Å²) in [6.45, 7) is 0.890. The molecule has 0 bridgehead atoms. The van der Waals surface area contributed by atoms with E-state index in [1.54, 1.807) is 11.3 Å². The minimum Gasteiger partial charge on any atom is -0.485 e. The number of para-hydroxylation sites is 2. The van der Waals surface area contributed by atoms with E-state index in [1.165, 1.54) is 4.88 Å². The fraction of sp³-hybridized carbons (Fsp3) is 0.312. The van der Waals surface area contributed by atoms with Crippen molar-refractivity contribution in [2.45, 2.75) is 11.9 Å². The molecule has 2 aromatic rings. The molecular formula is C16H17NO3S2. The lowest BCUT2D eigenvalue weighted by Crippen LogP contribution is -2.44. The van der Waals surface area contributed by atoms with Crippen LogP contribution in [0.1, 0.15) is 4.88 Å². The molecule has 0 saturated heterocycles. The van der Waals surface area contributed by atoms with Gasteiger partial charge in [-0.2, -0.15) is 11.8 Å². The summed E-state index contributed by atoms with van der Waals surface area (Å²) in [5.74, 6) is 3.07. The molecule has 0 unspecified atom stereocenters. The Morgan fingerprint density at radius 1 is 1.27 bits per heavy atom. The van der Waals surface area contributed by atoms with Crippen LogP contribution < -0.4 is 14.8 Å². The summed E-state index contributed by atoms with van der Waals surface area (Å²) in [5, 5.41) is 4.98. The van der Waals surface area contributed by atoms with Gasteiger partial charge in [0, 0.05) is 22.9 Å². The highest BCUT2D eigenvalue weighted by Gasteiger charge is 2.26. The first-order valence-electron chi connectivity index (χ1n) is 7.09. The van der Waals surface area contributed by atoms with Crippen LogP contribution >= 0.6 is 23.1 Å². The second kappa shape index (κ2) is 7.56. The number of carbonyl (C=O) groups is 1. The normalized spacial score (nSPS) is 16.3. The van der Waals surface area contributed by atoms with Gasteiger partial charge >= 0.3 is 0 Å². The van der Waals surface area contributed by atoms with Crippen LogP contribution in [-0.4, -0.2) is 30.9 Å². The molecule has 1 aromatic carbocycles. The average Bonchev–Trinajstić information content (AvgIpc) is 3.07. The Hall–Kier alpha value is -1.66. The maximum Gasteiger partial charge on any atom is 0.264 e. The van der Waals surface area contributed by atoms with Crippen LogP contribution in [-0.2, 0) is 10.5 Å². The molecule has 0 fully saturated rings. The van der Waals surface area contributed by atoms with Gasteiger partial charge in [-0.15, -0.1) is 11.3 Å². The van der Waals surface area contributed by atoms with Crippen LogP contribution in [0.4, 0.5) is 0 Å². The molecule has 0 aliphatic carbocycles. The van der Waals surface area contributed by atoms with E-state index >= 15 is 0 Å². The lowest BCUT2D eigenvalue weighted by Gasteiger charge is -2.25. The van der Waals surface area contributed by atoms with Crippen molar-refractivity contribution in [2.75, 3.05) is 18.9 Å². The molecule has 0 radical (unpaired) electrons. The molecule has 1 aromatic heterocycles. The van der Waals surface area contributed by atoms with Gasteiger partial charge in [-0.3, -0.25) is 4.79 Å². The molecule has 3 rings (SSSR count). The second-order valence-corrected chi connectivity index (χ2v) is 6.92. The zero-order valence-corrected chi connectivity index (χ0v) is 13.6. The molecule has 0 spiro atoms. The molecule has 1 aliphatic heterocycles. The Kier molecular flexibility index (Phi) is 5.24. The van der Waals surface area contributed by atoms with Crippen LogP contribution in [0.15, 0.2) is 41.8 Å². The number of nitrogens with one attached hydrogen (secondary N) is 1. The Balaban J connectivity index is 1.38. The second-order valence-electron chi connectivity index (χ2n) is 4.79. The van der Waals surface area contributed by atoms with Gasteiger partial charge in [0.05, 0.1) is 0 Å². The molecular weight excluding hydrogens is 318 g/mol. The summed E-state index contributed by atoms with van der Waals surface area (Å²) in [5.41, 5.74) is 0. The van der Waals surface area contributed by atoms with E-state index in [4.69, 9.17) is 9.47 Å². The topological polar surface area (TPSA) is 47.6 Å². The van der Waals surface area contributed by atoms with Crippen LogP contribution in [0.2, 0.25) is 0 Å². The van der Waals surface area contributed by atoms with Gasteiger partial charge in [0.2, 0.25) is 6.10 Å². The first-order chi connectivity index (χ1) is 10.8. The van der Waals surface area contributed by atoms with Crippen LogP contribution in [0.3, 0.4) is 0 Å². The number of thioether (sulfide) groups is 1. The number of ether oxygens (including phenoxy) is 2. The SMILES string of the molecule is O=C(NCCSCc1cccs1)[C@@H]1COc2ccccc2O1. The lowest BCUT2D eigenvalue weighted by atomic mass is 10.2. The van der Waals surface area contributed by atoms with E-state index in [0.29, 0.717) is 18.0 Å². The minimum atomic E-state index is -0.572. The predicted molar refractivity (Wildman–Crippen MR) is 89.8 cm³/mol. The number of carbonyl (C=O) groups excluding carboxylic acids is 1. The molecule has 6 heteroatoms. The quantitative estimate of drug-likeness (QED) is 0.825. The van der Waals surface area contributed by atoms with Crippen molar-refractivity contribution in [3.05, 3.63) is 46.7 Å². The molecule has 2 heterocycles. The van der Waals surface area contributed by atoms with E-state index in [0.717, 1.165) is 11.5 Å². The van der Waals surface area contributed by atoms with Gasteiger partial charge in [0.25, 0.3) is 5.91 Å². The summed E-state index contributed by atoms with van der Waals surface area (Å²) < 4.78 is 11.2. The van der Waals surface area contributed by atoms with Gasteiger partial charge in [-0.05, 0) is 23.6 Å². The first-order valence-corrected chi connectivity index (χ1v) is 9.13. The number of hydrogen-bond acceptors (Lipinski definition) is 5. The third-order valence-electron chi connectivity index (χ3n) is 3.17. The number of hydrogen-bond donors (Lipinski definition) is 1. The molecule has 116 valence electrons. The van der Waals surface area contributed by atoms with Crippen molar-refractivity contribution in [3.63, 3.8) is 0 Å². The highest BCUT2D eigenvalue weighted by molar-refractivity contribution is 7.98. The maximum absolute atomic E-state index is 12.1. The summed E-state index contributed by atoms with van der Waals surface area (Å²) >= 11 is 3.57. The Morgan fingerprint density at radius 2 is 2.14 bits per heavy atom. The Labute approximate surface area is 137 Å². The number of amides is 1. The van der Waals surface area contributed by atoms with Crippen LogP contribution in [0.5, 0.6) is 11.5 Å². The molecule has 4 nitrogen and oxygen atoms in total. The van der Waals surface area contributed by atoms with Gasteiger partial charge < -0.3 is 14.8 Å². The van der Waals surface area contributed by atoms with Crippen LogP contribution in [0.25, 0.3) is 0 Å². The minimum absolute atomic E-state index is 0.119. The average molecular weight is 335 g/mol. The van der Waals surface area contributed by atoms with Gasteiger partial charge in [-0.1, -0.05) is 18.2 Å². The third-order valence-corrected chi connectivity index (χ3v) is 5.24. The lowest BCUT2D eigenvalue weighted by molar-refractivity contribution is -0.130. The van der Waals surface area contributed by atoms with Gasteiger partial charge in [0.15, 0.2) is 11.5 Å². The van der Waals surface area contributed by atoms with Crippen molar-refractivity contribution in [1.82, 2.24) is 5.32 Å². The fourth-order valence-electron chi connectivity index (χ4n) is 2.08. The number of fused-ring (bicyclic) bond motifs is 1. The zero-order valence-electron chi connectivity index (χ0n) is 12.0. The molecule has 1 aliphatic rings. The molecule has 1 amide bonds. The summed E-state index contributed by atoms with van der Waals surface area (Å²) in [4.78, 5) is 13.4.